The SMILES string of the molecule is Cc1noc(C)c1S(=O)(=O)NCC(=O)OCC(=O)N1C[C@@H](C)C[C@H](C)C1. The number of nitrogens with zero attached hydrogens (tertiary/aromatic N) is 2. The van der Waals surface area contributed by atoms with Gasteiger partial charge in [0.25, 0.3) is 5.91 Å². The lowest BCUT2D eigenvalue weighted by Gasteiger charge is -2.34. The van der Waals surface area contributed by atoms with E-state index < -0.39 is 29.1 Å². The Morgan fingerprint density at radius 3 is 2.42 bits per heavy atom. The molecule has 2 rings (SSSR count). The number of likely N-dealkylation sites (tertiary alicyclic amines) is 1. The molecule has 10 heteroatoms. The van der Waals surface area contributed by atoms with Gasteiger partial charge in [-0.25, -0.2) is 8.42 Å². The molecule has 1 amide bonds. The lowest BCUT2D eigenvalue weighted by molar-refractivity contribution is -0.152. The zero-order valence-electron chi connectivity index (χ0n) is 15.4. The first-order chi connectivity index (χ1) is 12.1. The minimum absolute atomic E-state index is 0.0994. The van der Waals surface area contributed by atoms with Crippen LogP contribution in [0.1, 0.15) is 31.7 Å². The second-order valence-corrected chi connectivity index (χ2v) is 8.59. The minimum Gasteiger partial charge on any atom is -0.455 e. The Morgan fingerprint density at radius 2 is 1.88 bits per heavy atom. The van der Waals surface area contributed by atoms with E-state index in [4.69, 9.17) is 9.26 Å². The molecule has 1 saturated heterocycles. The zero-order valence-corrected chi connectivity index (χ0v) is 16.3. The third kappa shape index (κ3) is 5.04. The zero-order chi connectivity index (χ0) is 19.5. The summed E-state index contributed by atoms with van der Waals surface area (Å²) in [4.78, 5) is 25.5. The highest BCUT2D eigenvalue weighted by Gasteiger charge is 2.27. The van der Waals surface area contributed by atoms with Crippen LogP contribution in [0.3, 0.4) is 0 Å². The van der Waals surface area contributed by atoms with Crippen molar-refractivity contribution in [3.63, 3.8) is 0 Å². The standard InChI is InChI=1S/C16H25N3O6S/c1-10-5-11(2)8-19(7-10)14(20)9-24-15(21)6-17-26(22,23)16-12(3)18-25-13(16)4/h10-11,17H,5-9H2,1-4H3/t10-,11-/m0/s1. The van der Waals surface area contributed by atoms with Gasteiger partial charge in [0.1, 0.15) is 17.1 Å². The Hall–Kier alpha value is -1.94. The molecule has 0 bridgehead atoms. The summed E-state index contributed by atoms with van der Waals surface area (Å²) in [5, 5.41) is 3.57. The van der Waals surface area contributed by atoms with Gasteiger partial charge in [0, 0.05) is 13.1 Å². The predicted molar refractivity (Wildman–Crippen MR) is 91.6 cm³/mol. The molecule has 0 unspecified atom stereocenters. The molecule has 0 radical (unpaired) electrons. The topological polar surface area (TPSA) is 119 Å². The fraction of sp³-hybridized carbons (Fsp3) is 0.688. The highest BCUT2D eigenvalue weighted by Crippen LogP contribution is 2.21. The van der Waals surface area contributed by atoms with Gasteiger partial charge >= 0.3 is 5.97 Å². The van der Waals surface area contributed by atoms with Crippen LogP contribution in [0, 0.1) is 25.7 Å². The first kappa shape index (κ1) is 20.4. The number of nitrogens with one attached hydrogen (secondary N) is 1. The Bertz CT molecular complexity index is 743. The third-order valence-electron chi connectivity index (χ3n) is 4.22. The van der Waals surface area contributed by atoms with Crippen molar-refractivity contribution in [2.45, 2.75) is 39.0 Å². The summed E-state index contributed by atoms with van der Waals surface area (Å²) in [7, 11) is -3.95. The summed E-state index contributed by atoms with van der Waals surface area (Å²) in [5.74, 6) is -0.162. The van der Waals surface area contributed by atoms with Crippen LogP contribution < -0.4 is 4.72 Å². The van der Waals surface area contributed by atoms with Crippen LogP contribution in [0.15, 0.2) is 9.42 Å². The highest BCUT2D eigenvalue weighted by molar-refractivity contribution is 7.89. The van der Waals surface area contributed by atoms with E-state index in [0.717, 1.165) is 6.42 Å². The summed E-state index contributed by atoms with van der Waals surface area (Å²) in [6.45, 7) is 7.41. The number of sulfonamides is 1. The second kappa shape index (κ2) is 8.17. The summed E-state index contributed by atoms with van der Waals surface area (Å²) < 4.78 is 36.3. The Morgan fingerprint density at radius 1 is 1.27 bits per heavy atom. The molecule has 2 heterocycles. The molecule has 0 aromatic carbocycles. The number of aryl methyl sites for hydroxylation is 2. The number of rotatable bonds is 6. The molecule has 1 N–H and O–H groups in total. The van der Waals surface area contributed by atoms with Gasteiger partial charge in [0.05, 0.1) is 0 Å². The van der Waals surface area contributed by atoms with Crippen molar-refractivity contribution in [2.75, 3.05) is 26.2 Å². The number of piperidine rings is 1. The largest absolute Gasteiger partial charge is 0.455 e. The van der Waals surface area contributed by atoms with Gasteiger partial charge in [-0.1, -0.05) is 19.0 Å². The van der Waals surface area contributed by atoms with E-state index in [1.54, 1.807) is 4.90 Å². The van der Waals surface area contributed by atoms with E-state index in [1.807, 2.05) is 0 Å². The van der Waals surface area contributed by atoms with E-state index >= 15 is 0 Å². The van der Waals surface area contributed by atoms with E-state index in [-0.39, 0.29) is 22.3 Å². The smallest absolute Gasteiger partial charge is 0.321 e. The lowest BCUT2D eigenvalue weighted by Crippen LogP contribution is -2.44. The molecule has 146 valence electrons. The van der Waals surface area contributed by atoms with Crippen molar-refractivity contribution in [1.82, 2.24) is 14.8 Å². The Kier molecular flexibility index (Phi) is 6.40. The van der Waals surface area contributed by atoms with Crippen molar-refractivity contribution in [3.05, 3.63) is 11.5 Å². The molecular weight excluding hydrogens is 362 g/mol. The van der Waals surface area contributed by atoms with E-state index in [0.29, 0.717) is 24.9 Å². The monoisotopic (exact) mass is 387 g/mol. The fourth-order valence-corrected chi connectivity index (χ4v) is 4.53. The van der Waals surface area contributed by atoms with E-state index in [9.17, 15) is 18.0 Å². The highest BCUT2D eigenvalue weighted by atomic mass is 32.2. The van der Waals surface area contributed by atoms with Gasteiger partial charge in [-0.15, -0.1) is 0 Å². The molecule has 0 aliphatic carbocycles. The summed E-state index contributed by atoms with van der Waals surface area (Å²) in [5.41, 5.74) is 0.201. The van der Waals surface area contributed by atoms with Crippen molar-refractivity contribution >= 4 is 21.9 Å². The van der Waals surface area contributed by atoms with E-state index in [2.05, 4.69) is 23.7 Å². The quantitative estimate of drug-likeness (QED) is 0.711. The summed E-state index contributed by atoms with van der Waals surface area (Å²) in [6, 6.07) is 0. The molecule has 1 aromatic heterocycles. The average Bonchev–Trinajstić information content (AvgIpc) is 2.89. The number of esters is 1. The Balaban J connectivity index is 1.83. The van der Waals surface area contributed by atoms with Crippen LogP contribution in [0.25, 0.3) is 0 Å². The minimum atomic E-state index is -3.95. The first-order valence-electron chi connectivity index (χ1n) is 8.46. The number of carbonyl (C=O) groups excluding carboxylic acids is 2. The molecule has 0 spiro atoms. The van der Waals surface area contributed by atoms with Crippen molar-refractivity contribution in [2.24, 2.45) is 11.8 Å². The predicted octanol–water partition coefficient (Wildman–Crippen LogP) is 0.617. The number of hydrogen-bond acceptors (Lipinski definition) is 7. The number of ether oxygens (including phenoxy) is 1. The van der Waals surface area contributed by atoms with Gasteiger partial charge in [-0.2, -0.15) is 4.72 Å². The van der Waals surface area contributed by atoms with Gasteiger partial charge in [0.15, 0.2) is 12.4 Å². The molecular formula is C16H25N3O6S. The van der Waals surface area contributed by atoms with E-state index in [1.165, 1.54) is 13.8 Å². The molecule has 1 aliphatic rings. The normalized spacial score (nSPS) is 20.8. The van der Waals surface area contributed by atoms with Crippen LogP contribution in [-0.2, 0) is 24.3 Å². The summed E-state index contributed by atoms with van der Waals surface area (Å²) >= 11 is 0. The van der Waals surface area contributed by atoms with Crippen LogP contribution in [0.4, 0.5) is 0 Å². The van der Waals surface area contributed by atoms with Gasteiger partial charge in [0.2, 0.25) is 10.0 Å². The van der Waals surface area contributed by atoms with Gasteiger partial charge in [-0.05, 0) is 32.1 Å². The van der Waals surface area contributed by atoms with Gasteiger partial charge < -0.3 is 14.2 Å². The maximum Gasteiger partial charge on any atom is 0.321 e. The molecule has 9 nitrogen and oxygen atoms in total. The first-order valence-corrected chi connectivity index (χ1v) is 9.94. The maximum absolute atomic E-state index is 12.2. The Labute approximate surface area is 153 Å². The fourth-order valence-electron chi connectivity index (χ4n) is 3.24. The summed E-state index contributed by atoms with van der Waals surface area (Å²) in [6.07, 6.45) is 1.06. The van der Waals surface area contributed by atoms with Gasteiger partial charge in [-0.3, -0.25) is 9.59 Å². The van der Waals surface area contributed by atoms with Crippen LogP contribution in [0.2, 0.25) is 0 Å². The number of hydrogen-bond donors (Lipinski definition) is 1. The lowest BCUT2D eigenvalue weighted by atomic mass is 9.92. The van der Waals surface area contributed by atoms with Crippen molar-refractivity contribution in [1.29, 1.82) is 0 Å². The molecule has 2 atom stereocenters. The molecule has 26 heavy (non-hydrogen) atoms. The van der Waals surface area contributed by atoms with Crippen molar-refractivity contribution < 1.29 is 27.3 Å². The average molecular weight is 387 g/mol. The van der Waals surface area contributed by atoms with Crippen LogP contribution in [0.5, 0.6) is 0 Å². The maximum atomic E-state index is 12.2. The van der Waals surface area contributed by atoms with Crippen LogP contribution in [-0.4, -0.2) is 56.6 Å². The molecule has 1 aromatic rings. The number of aromatic nitrogens is 1. The molecule has 0 saturated carbocycles. The number of amides is 1. The number of carbonyl (C=O) groups is 2. The second-order valence-electron chi connectivity index (χ2n) is 6.88. The molecule has 1 aliphatic heterocycles. The van der Waals surface area contributed by atoms with Crippen LogP contribution >= 0.6 is 0 Å². The third-order valence-corrected chi connectivity index (χ3v) is 5.87. The van der Waals surface area contributed by atoms with Crippen molar-refractivity contribution in [3.8, 4) is 0 Å². The molecule has 1 fully saturated rings.